The van der Waals surface area contributed by atoms with Gasteiger partial charge in [-0.2, -0.15) is 0 Å². The molecule has 0 aliphatic carbocycles. The number of carbonyl (C=O) groups excluding carboxylic acids is 1. The Balaban J connectivity index is 3.67. The fraction of sp³-hybridized carbons (Fsp3) is 0.850. The van der Waals surface area contributed by atoms with Gasteiger partial charge in [0.15, 0.2) is 0 Å². The van der Waals surface area contributed by atoms with Crippen LogP contribution >= 0.6 is 0 Å². The van der Waals surface area contributed by atoms with Crippen LogP contribution in [0.2, 0.25) is 0 Å². The molecule has 136 valence electrons. The quantitative estimate of drug-likeness (QED) is 0.181. The Bertz CT molecular complexity index is 320. The minimum Gasteiger partial charge on any atom is -0.462 e. The van der Waals surface area contributed by atoms with E-state index in [0.29, 0.717) is 12.2 Å². The van der Waals surface area contributed by atoms with E-state index in [9.17, 15) is 4.79 Å². The number of hydrogen-bond donors (Lipinski definition) is 0. The maximum Gasteiger partial charge on any atom is 0.333 e. The lowest BCUT2D eigenvalue weighted by Crippen LogP contribution is -2.49. The number of quaternary nitrogens is 1. The summed E-state index contributed by atoms with van der Waals surface area (Å²) < 4.78 is 6.41. The Morgan fingerprint density at radius 1 is 0.870 bits per heavy atom. The molecule has 0 saturated carbocycles. The fourth-order valence-electron chi connectivity index (χ4n) is 3.30. The van der Waals surface area contributed by atoms with Crippen LogP contribution in [0, 0.1) is 0 Å². The first-order valence-electron chi connectivity index (χ1n) is 9.69. The summed E-state index contributed by atoms with van der Waals surface area (Å²) in [5.41, 5.74) is 0.488. The Kier molecular flexibility index (Phi) is 13.1. The van der Waals surface area contributed by atoms with E-state index in [2.05, 4.69) is 27.4 Å². The first-order valence-corrected chi connectivity index (χ1v) is 9.69. The third kappa shape index (κ3) is 10.5. The summed E-state index contributed by atoms with van der Waals surface area (Å²) in [7, 11) is 0. The van der Waals surface area contributed by atoms with Crippen LogP contribution in [0.3, 0.4) is 0 Å². The standard InChI is InChI=1S/C20H40NO2/c1-6-15-21(8-3,16-7-2)17-13-11-9-10-12-14-18-23-20(22)19(4)5/h4,6-18H2,1-3,5H3/q+1. The van der Waals surface area contributed by atoms with Crippen molar-refractivity contribution < 1.29 is 14.0 Å². The molecule has 0 unspecified atom stereocenters. The molecule has 0 aromatic heterocycles. The highest BCUT2D eigenvalue weighted by Crippen LogP contribution is 2.14. The second kappa shape index (κ2) is 13.6. The molecule has 0 heterocycles. The zero-order valence-electron chi connectivity index (χ0n) is 16.2. The molecule has 23 heavy (non-hydrogen) atoms. The van der Waals surface area contributed by atoms with E-state index in [1.165, 1.54) is 69.2 Å². The van der Waals surface area contributed by atoms with Gasteiger partial charge in [-0.3, -0.25) is 0 Å². The average molecular weight is 327 g/mol. The molecule has 0 spiro atoms. The van der Waals surface area contributed by atoms with E-state index in [-0.39, 0.29) is 5.97 Å². The van der Waals surface area contributed by atoms with Gasteiger partial charge in [-0.05, 0) is 46.0 Å². The smallest absolute Gasteiger partial charge is 0.333 e. The van der Waals surface area contributed by atoms with Crippen molar-refractivity contribution >= 4 is 5.97 Å². The molecule has 0 saturated heterocycles. The van der Waals surface area contributed by atoms with Gasteiger partial charge in [-0.1, -0.05) is 39.7 Å². The van der Waals surface area contributed by atoms with E-state index in [0.717, 1.165) is 12.8 Å². The van der Waals surface area contributed by atoms with Crippen LogP contribution in [0.4, 0.5) is 0 Å². The normalized spacial score (nSPS) is 11.5. The Morgan fingerprint density at radius 2 is 1.39 bits per heavy atom. The van der Waals surface area contributed by atoms with Crippen molar-refractivity contribution in [3.63, 3.8) is 0 Å². The summed E-state index contributed by atoms with van der Waals surface area (Å²) in [5.74, 6) is -0.259. The summed E-state index contributed by atoms with van der Waals surface area (Å²) in [5, 5.41) is 0. The summed E-state index contributed by atoms with van der Waals surface area (Å²) in [6.07, 6.45) is 9.93. The van der Waals surface area contributed by atoms with Crippen molar-refractivity contribution in [1.82, 2.24) is 0 Å². The molecule has 0 atom stereocenters. The molecular weight excluding hydrogens is 286 g/mol. The lowest BCUT2D eigenvalue weighted by Gasteiger charge is -2.37. The van der Waals surface area contributed by atoms with Gasteiger partial charge in [0.2, 0.25) is 0 Å². The first kappa shape index (κ1) is 22.2. The number of hydrogen-bond acceptors (Lipinski definition) is 2. The number of esters is 1. The number of nitrogens with zero attached hydrogens (tertiary/aromatic N) is 1. The van der Waals surface area contributed by atoms with Crippen molar-refractivity contribution in [2.75, 3.05) is 32.8 Å². The van der Waals surface area contributed by atoms with Crippen molar-refractivity contribution in [2.45, 2.75) is 79.1 Å². The van der Waals surface area contributed by atoms with Crippen LogP contribution in [-0.2, 0) is 9.53 Å². The molecule has 0 aliphatic heterocycles. The second-order valence-electron chi connectivity index (χ2n) is 6.87. The zero-order valence-corrected chi connectivity index (χ0v) is 16.2. The van der Waals surface area contributed by atoms with Gasteiger partial charge in [0.1, 0.15) is 0 Å². The second-order valence-corrected chi connectivity index (χ2v) is 6.87. The maximum atomic E-state index is 11.2. The Morgan fingerprint density at radius 3 is 1.87 bits per heavy atom. The fourth-order valence-corrected chi connectivity index (χ4v) is 3.30. The van der Waals surface area contributed by atoms with Gasteiger partial charge in [0, 0.05) is 5.57 Å². The van der Waals surface area contributed by atoms with E-state index in [4.69, 9.17) is 4.74 Å². The summed E-state index contributed by atoms with van der Waals surface area (Å²) in [4.78, 5) is 11.2. The van der Waals surface area contributed by atoms with Crippen LogP contribution in [0.1, 0.15) is 79.1 Å². The van der Waals surface area contributed by atoms with E-state index in [1.54, 1.807) is 6.92 Å². The predicted octanol–water partition coefficient (Wildman–Crippen LogP) is 5.10. The van der Waals surface area contributed by atoms with Crippen molar-refractivity contribution in [2.24, 2.45) is 0 Å². The minimum atomic E-state index is -0.259. The number of ether oxygens (including phenoxy) is 1. The topological polar surface area (TPSA) is 26.3 Å². The lowest BCUT2D eigenvalue weighted by atomic mass is 10.1. The number of unbranched alkanes of at least 4 members (excludes halogenated alkanes) is 5. The van der Waals surface area contributed by atoms with Crippen LogP contribution in [0.5, 0.6) is 0 Å². The molecule has 0 aromatic carbocycles. The summed E-state index contributed by atoms with van der Waals surface area (Å²) in [6.45, 7) is 18.0. The molecule has 3 heteroatoms. The molecule has 0 amide bonds. The van der Waals surface area contributed by atoms with Crippen molar-refractivity contribution in [3.05, 3.63) is 12.2 Å². The van der Waals surface area contributed by atoms with Gasteiger partial charge in [0.05, 0.1) is 32.8 Å². The number of rotatable bonds is 15. The van der Waals surface area contributed by atoms with Crippen molar-refractivity contribution in [3.8, 4) is 0 Å². The minimum absolute atomic E-state index is 0.259. The largest absolute Gasteiger partial charge is 0.462 e. The predicted molar refractivity (Wildman–Crippen MR) is 99.5 cm³/mol. The van der Waals surface area contributed by atoms with Gasteiger partial charge in [-0.15, -0.1) is 0 Å². The number of carbonyl (C=O) groups is 1. The molecule has 0 radical (unpaired) electrons. The molecular formula is C20H40NO2+. The van der Waals surface area contributed by atoms with Gasteiger partial charge in [-0.25, -0.2) is 4.79 Å². The monoisotopic (exact) mass is 326 g/mol. The third-order valence-electron chi connectivity index (χ3n) is 4.68. The van der Waals surface area contributed by atoms with Gasteiger partial charge >= 0.3 is 5.97 Å². The highest BCUT2D eigenvalue weighted by molar-refractivity contribution is 5.86. The molecule has 0 bridgehead atoms. The maximum absolute atomic E-state index is 11.2. The molecule has 3 nitrogen and oxygen atoms in total. The van der Waals surface area contributed by atoms with Crippen LogP contribution in [0.15, 0.2) is 12.2 Å². The average Bonchev–Trinajstić information content (AvgIpc) is 2.53. The highest BCUT2D eigenvalue weighted by Gasteiger charge is 2.22. The van der Waals surface area contributed by atoms with E-state index < -0.39 is 0 Å². The highest BCUT2D eigenvalue weighted by atomic mass is 16.5. The van der Waals surface area contributed by atoms with E-state index >= 15 is 0 Å². The van der Waals surface area contributed by atoms with E-state index in [1.807, 2.05) is 0 Å². The Labute approximate surface area is 144 Å². The molecule has 0 N–H and O–H groups in total. The van der Waals surface area contributed by atoms with Crippen LogP contribution in [-0.4, -0.2) is 43.2 Å². The lowest BCUT2D eigenvalue weighted by molar-refractivity contribution is -0.926. The first-order chi connectivity index (χ1) is 11.0. The third-order valence-corrected chi connectivity index (χ3v) is 4.68. The van der Waals surface area contributed by atoms with Crippen LogP contribution in [0.25, 0.3) is 0 Å². The SMILES string of the molecule is C=C(C)C(=O)OCCCCCCCC[N+](CC)(CCC)CCC. The zero-order chi connectivity index (χ0) is 17.6. The molecule has 0 fully saturated rings. The molecule has 0 aromatic rings. The Hall–Kier alpha value is -0.830. The van der Waals surface area contributed by atoms with Crippen molar-refractivity contribution in [1.29, 1.82) is 0 Å². The molecule has 0 rings (SSSR count). The summed E-state index contributed by atoms with van der Waals surface area (Å²) in [6, 6.07) is 0. The summed E-state index contributed by atoms with van der Waals surface area (Å²) >= 11 is 0. The van der Waals surface area contributed by atoms with Gasteiger partial charge < -0.3 is 9.22 Å². The molecule has 0 aliphatic rings. The van der Waals surface area contributed by atoms with Crippen LogP contribution < -0.4 is 0 Å². The van der Waals surface area contributed by atoms with Gasteiger partial charge in [0.25, 0.3) is 0 Å².